The van der Waals surface area contributed by atoms with E-state index in [0.717, 1.165) is 18.5 Å². The molecule has 1 N–H and O–H groups in total. The Morgan fingerprint density at radius 2 is 1.78 bits per heavy atom. The quantitative estimate of drug-likeness (QED) is 0.834. The van der Waals surface area contributed by atoms with E-state index in [1.807, 2.05) is 18.2 Å². The summed E-state index contributed by atoms with van der Waals surface area (Å²) in [5, 5.41) is 3.12. The van der Waals surface area contributed by atoms with Gasteiger partial charge in [-0.1, -0.05) is 51.8 Å². The predicted octanol–water partition coefficient (Wildman–Crippen LogP) is 4.11. The van der Waals surface area contributed by atoms with Crippen LogP contribution in [0.2, 0.25) is 0 Å². The Labute approximate surface area is 110 Å². The van der Waals surface area contributed by atoms with Crippen LogP contribution in [-0.4, -0.2) is 5.91 Å². The zero-order valence-electron chi connectivity index (χ0n) is 11.6. The third-order valence-electron chi connectivity index (χ3n) is 3.72. The Bertz CT molecular complexity index is 425. The minimum absolute atomic E-state index is 0.0551. The average Bonchev–Trinajstić information content (AvgIpc) is 2.81. The fourth-order valence-corrected chi connectivity index (χ4v) is 2.67. The fourth-order valence-electron chi connectivity index (χ4n) is 2.67. The van der Waals surface area contributed by atoms with E-state index in [-0.39, 0.29) is 17.2 Å². The van der Waals surface area contributed by atoms with E-state index in [1.165, 1.54) is 18.4 Å². The molecule has 0 radical (unpaired) electrons. The van der Waals surface area contributed by atoms with Crippen molar-refractivity contribution in [1.82, 2.24) is 0 Å². The van der Waals surface area contributed by atoms with Gasteiger partial charge in [0.25, 0.3) is 0 Å². The molecule has 0 spiro atoms. The second kappa shape index (κ2) is 5.13. The number of hydrogen-bond acceptors (Lipinski definition) is 1. The third-order valence-corrected chi connectivity index (χ3v) is 3.72. The van der Waals surface area contributed by atoms with Crippen LogP contribution < -0.4 is 5.32 Å². The van der Waals surface area contributed by atoms with Crippen LogP contribution in [0.1, 0.15) is 52.0 Å². The molecule has 1 aliphatic rings. The highest BCUT2D eigenvalue weighted by Gasteiger charge is 2.24. The van der Waals surface area contributed by atoms with Gasteiger partial charge >= 0.3 is 0 Å². The Kier molecular flexibility index (Phi) is 3.74. The van der Waals surface area contributed by atoms with Crippen LogP contribution in [0.25, 0.3) is 0 Å². The summed E-state index contributed by atoms with van der Waals surface area (Å²) in [7, 11) is 0. The largest absolute Gasteiger partial charge is 0.326 e. The van der Waals surface area contributed by atoms with Crippen molar-refractivity contribution in [1.29, 1.82) is 0 Å². The lowest BCUT2D eigenvalue weighted by Gasteiger charge is -2.23. The van der Waals surface area contributed by atoms with Gasteiger partial charge in [0.05, 0.1) is 0 Å². The van der Waals surface area contributed by atoms with Crippen LogP contribution in [0.4, 0.5) is 5.69 Å². The summed E-state index contributed by atoms with van der Waals surface area (Å²) < 4.78 is 0. The van der Waals surface area contributed by atoms with Crippen LogP contribution >= 0.6 is 0 Å². The first-order valence-corrected chi connectivity index (χ1v) is 6.89. The molecular formula is C16H23NO. The van der Waals surface area contributed by atoms with Crippen LogP contribution in [0, 0.1) is 5.92 Å². The van der Waals surface area contributed by atoms with Gasteiger partial charge in [-0.3, -0.25) is 4.79 Å². The molecule has 18 heavy (non-hydrogen) atoms. The Balaban J connectivity index is 2.16. The highest BCUT2D eigenvalue weighted by Crippen LogP contribution is 2.31. The minimum atomic E-state index is 0.0551. The maximum atomic E-state index is 12.2. The summed E-state index contributed by atoms with van der Waals surface area (Å²) in [6.07, 6.45) is 4.48. The van der Waals surface area contributed by atoms with Crippen LogP contribution in [0.3, 0.4) is 0 Å². The zero-order chi connectivity index (χ0) is 13.2. The SMILES string of the molecule is CC(C)(C)c1ccccc1NC(=O)C1CCCC1. The molecule has 0 saturated heterocycles. The van der Waals surface area contributed by atoms with E-state index in [2.05, 4.69) is 32.2 Å². The summed E-state index contributed by atoms with van der Waals surface area (Å²) in [5.41, 5.74) is 2.23. The minimum Gasteiger partial charge on any atom is -0.326 e. The molecule has 0 aliphatic heterocycles. The van der Waals surface area contributed by atoms with Gasteiger partial charge in [0.1, 0.15) is 0 Å². The van der Waals surface area contributed by atoms with Crippen molar-refractivity contribution in [2.24, 2.45) is 5.92 Å². The van der Waals surface area contributed by atoms with Crippen molar-refractivity contribution in [3.8, 4) is 0 Å². The van der Waals surface area contributed by atoms with Gasteiger partial charge < -0.3 is 5.32 Å². The second-order valence-corrected chi connectivity index (χ2v) is 6.27. The van der Waals surface area contributed by atoms with Gasteiger partial charge in [0, 0.05) is 11.6 Å². The van der Waals surface area contributed by atoms with E-state index in [0.29, 0.717) is 0 Å². The predicted molar refractivity (Wildman–Crippen MR) is 75.7 cm³/mol. The van der Waals surface area contributed by atoms with Crippen molar-refractivity contribution < 1.29 is 4.79 Å². The molecule has 0 unspecified atom stereocenters. The topological polar surface area (TPSA) is 29.1 Å². The lowest BCUT2D eigenvalue weighted by atomic mass is 9.85. The fraction of sp³-hybridized carbons (Fsp3) is 0.562. The monoisotopic (exact) mass is 245 g/mol. The average molecular weight is 245 g/mol. The third kappa shape index (κ3) is 2.92. The van der Waals surface area contributed by atoms with E-state index in [4.69, 9.17) is 0 Å². The van der Waals surface area contributed by atoms with Gasteiger partial charge in [0.15, 0.2) is 0 Å². The molecule has 0 atom stereocenters. The standard InChI is InChI=1S/C16H23NO/c1-16(2,3)13-10-6-7-11-14(13)17-15(18)12-8-4-5-9-12/h6-7,10-12H,4-5,8-9H2,1-3H3,(H,17,18). The molecule has 1 saturated carbocycles. The number of carbonyl (C=O) groups is 1. The van der Waals surface area contributed by atoms with Crippen molar-refractivity contribution in [3.63, 3.8) is 0 Å². The van der Waals surface area contributed by atoms with E-state index in [1.54, 1.807) is 0 Å². The first kappa shape index (κ1) is 13.1. The summed E-state index contributed by atoms with van der Waals surface area (Å²) in [5.74, 6) is 0.419. The number of anilines is 1. The molecule has 2 rings (SSSR count). The summed E-state index contributed by atoms with van der Waals surface area (Å²) in [6.45, 7) is 6.52. The molecule has 98 valence electrons. The Hall–Kier alpha value is -1.31. The Morgan fingerprint density at radius 3 is 2.39 bits per heavy atom. The maximum absolute atomic E-state index is 12.2. The number of rotatable bonds is 2. The van der Waals surface area contributed by atoms with E-state index < -0.39 is 0 Å². The van der Waals surface area contributed by atoms with Gasteiger partial charge in [-0.05, 0) is 29.9 Å². The molecular weight excluding hydrogens is 222 g/mol. The number of hydrogen-bond donors (Lipinski definition) is 1. The highest BCUT2D eigenvalue weighted by molar-refractivity contribution is 5.93. The molecule has 0 bridgehead atoms. The molecule has 1 aromatic rings. The molecule has 1 aromatic carbocycles. The molecule has 0 aromatic heterocycles. The van der Waals surface area contributed by atoms with E-state index in [9.17, 15) is 4.79 Å². The highest BCUT2D eigenvalue weighted by atomic mass is 16.1. The normalized spacial score (nSPS) is 16.8. The Morgan fingerprint density at radius 1 is 1.17 bits per heavy atom. The molecule has 1 amide bonds. The molecule has 0 heterocycles. The van der Waals surface area contributed by atoms with Crippen molar-refractivity contribution in [3.05, 3.63) is 29.8 Å². The van der Waals surface area contributed by atoms with Crippen LogP contribution in [-0.2, 0) is 10.2 Å². The van der Waals surface area contributed by atoms with Gasteiger partial charge in [0.2, 0.25) is 5.91 Å². The van der Waals surface area contributed by atoms with Crippen molar-refractivity contribution >= 4 is 11.6 Å². The number of benzene rings is 1. The summed E-state index contributed by atoms with van der Waals surface area (Å²) >= 11 is 0. The lowest BCUT2D eigenvalue weighted by Crippen LogP contribution is -2.23. The van der Waals surface area contributed by atoms with Crippen LogP contribution in [0.5, 0.6) is 0 Å². The van der Waals surface area contributed by atoms with Gasteiger partial charge in [-0.25, -0.2) is 0 Å². The first-order valence-electron chi connectivity index (χ1n) is 6.89. The number of amides is 1. The van der Waals surface area contributed by atoms with E-state index >= 15 is 0 Å². The molecule has 1 aliphatic carbocycles. The summed E-state index contributed by atoms with van der Waals surface area (Å²) in [6, 6.07) is 8.13. The first-order chi connectivity index (χ1) is 8.48. The summed E-state index contributed by atoms with van der Waals surface area (Å²) in [4.78, 5) is 12.2. The number of para-hydroxylation sites is 1. The van der Waals surface area contributed by atoms with Crippen molar-refractivity contribution in [2.45, 2.75) is 51.9 Å². The smallest absolute Gasteiger partial charge is 0.227 e. The number of nitrogens with one attached hydrogen (secondary N) is 1. The lowest BCUT2D eigenvalue weighted by molar-refractivity contribution is -0.119. The van der Waals surface area contributed by atoms with Gasteiger partial charge in [-0.2, -0.15) is 0 Å². The molecule has 2 heteroatoms. The molecule has 1 fully saturated rings. The maximum Gasteiger partial charge on any atom is 0.227 e. The zero-order valence-corrected chi connectivity index (χ0v) is 11.6. The van der Waals surface area contributed by atoms with Crippen LogP contribution in [0.15, 0.2) is 24.3 Å². The van der Waals surface area contributed by atoms with Gasteiger partial charge in [-0.15, -0.1) is 0 Å². The second-order valence-electron chi connectivity index (χ2n) is 6.27. The van der Waals surface area contributed by atoms with Crippen molar-refractivity contribution in [2.75, 3.05) is 5.32 Å². The molecule has 2 nitrogen and oxygen atoms in total. The number of carbonyl (C=O) groups excluding carboxylic acids is 1.